The summed E-state index contributed by atoms with van der Waals surface area (Å²) in [6.07, 6.45) is 0. The second-order valence-electron chi connectivity index (χ2n) is 6.27. The van der Waals surface area contributed by atoms with Crippen LogP contribution in [0.25, 0.3) is 11.4 Å². The van der Waals surface area contributed by atoms with Gasteiger partial charge in [-0.05, 0) is 29.0 Å². The molecule has 0 unspecified atom stereocenters. The van der Waals surface area contributed by atoms with Crippen LogP contribution in [-0.2, 0) is 16.6 Å². The topological polar surface area (TPSA) is 149 Å². The highest BCUT2D eigenvalue weighted by atomic mass is 32.2. The number of sulfonamides is 1. The predicted molar refractivity (Wildman–Crippen MR) is 99.5 cm³/mol. The molecule has 0 saturated carbocycles. The Bertz CT molecular complexity index is 1210. The largest absolute Gasteiger partial charge is 0.478 e. The Labute approximate surface area is 164 Å². The van der Waals surface area contributed by atoms with Gasteiger partial charge in [-0.15, -0.1) is 10.2 Å². The van der Waals surface area contributed by atoms with Crippen molar-refractivity contribution in [2.24, 2.45) is 0 Å². The number of anilines is 1. The van der Waals surface area contributed by atoms with Gasteiger partial charge >= 0.3 is 12.0 Å². The van der Waals surface area contributed by atoms with Crippen LogP contribution in [0.3, 0.4) is 0 Å². The lowest BCUT2D eigenvalue weighted by molar-refractivity contribution is 0.0696. The van der Waals surface area contributed by atoms with E-state index in [1.165, 1.54) is 24.1 Å². The quantitative estimate of drug-likeness (QED) is 0.649. The number of carboxylic acid groups (broad SMARTS) is 1. The number of aromatic amines is 1. The van der Waals surface area contributed by atoms with Gasteiger partial charge in [-0.25, -0.2) is 22.3 Å². The monoisotopic (exact) mass is 414 g/mol. The molecule has 29 heavy (non-hydrogen) atoms. The lowest BCUT2D eigenvalue weighted by Crippen LogP contribution is -2.48. The maximum absolute atomic E-state index is 13.0. The van der Waals surface area contributed by atoms with Crippen molar-refractivity contribution in [1.29, 1.82) is 0 Å². The zero-order chi connectivity index (χ0) is 20.8. The first-order chi connectivity index (χ1) is 13.8. The molecule has 4 rings (SSSR count). The number of nitrogens with one attached hydrogen (secondary N) is 1. The second kappa shape index (κ2) is 6.67. The van der Waals surface area contributed by atoms with Crippen LogP contribution < -0.4 is 4.90 Å². The maximum atomic E-state index is 13.0. The van der Waals surface area contributed by atoms with Gasteiger partial charge in [-0.3, -0.25) is 4.90 Å². The van der Waals surface area contributed by atoms with Crippen LogP contribution in [0.1, 0.15) is 15.9 Å². The number of carbonyl (C=O) groups is 2. The summed E-state index contributed by atoms with van der Waals surface area (Å²) in [5.41, 5.74) is 1.17. The van der Waals surface area contributed by atoms with Gasteiger partial charge in [0.05, 0.1) is 17.8 Å². The number of urea groups is 1. The third kappa shape index (κ3) is 3.08. The van der Waals surface area contributed by atoms with Crippen LogP contribution in [0.15, 0.2) is 47.4 Å². The molecular weight excluding hydrogens is 400 g/mol. The zero-order valence-electron chi connectivity index (χ0n) is 15.0. The Morgan fingerprint density at radius 2 is 1.90 bits per heavy atom. The smallest absolute Gasteiger partial charge is 0.338 e. The number of nitrogens with zero attached hydrogens (tertiary/aromatic N) is 5. The standard InChI is InChI=1S/C17H14N6O5S/c1-22-13-7-6-12(16(24)25)8-14(13)29(27,28)23(17(22)26)9-10-2-4-11(5-3-10)15-18-20-21-19-15/h2-8H,9H2,1H3,(H,24,25)(H,18,19,20,21). The maximum Gasteiger partial charge on any atom is 0.338 e. The van der Waals surface area contributed by atoms with Crippen molar-refractivity contribution < 1.29 is 23.1 Å². The molecule has 1 aliphatic rings. The lowest BCUT2D eigenvalue weighted by atomic mass is 10.1. The highest BCUT2D eigenvalue weighted by molar-refractivity contribution is 7.90. The fraction of sp³-hybridized carbons (Fsp3) is 0.118. The van der Waals surface area contributed by atoms with Crippen molar-refractivity contribution in [3.8, 4) is 11.4 Å². The van der Waals surface area contributed by atoms with Crippen molar-refractivity contribution in [2.75, 3.05) is 11.9 Å². The number of aromatic carboxylic acids is 1. The van der Waals surface area contributed by atoms with Crippen molar-refractivity contribution in [1.82, 2.24) is 24.9 Å². The van der Waals surface area contributed by atoms with Gasteiger partial charge in [0.1, 0.15) is 4.90 Å². The summed E-state index contributed by atoms with van der Waals surface area (Å²) in [5, 5.41) is 22.7. The molecule has 0 spiro atoms. The van der Waals surface area contributed by atoms with Crippen LogP contribution in [-0.4, -0.2) is 57.5 Å². The summed E-state index contributed by atoms with van der Waals surface area (Å²) in [4.78, 5) is 24.9. The summed E-state index contributed by atoms with van der Waals surface area (Å²) < 4.78 is 26.8. The molecule has 148 valence electrons. The van der Waals surface area contributed by atoms with Crippen LogP contribution in [0.5, 0.6) is 0 Å². The number of H-pyrrole nitrogens is 1. The van der Waals surface area contributed by atoms with E-state index in [0.29, 0.717) is 21.3 Å². The van der Waals surface area contributed by atoms with Gasteiger partial charge in [-0.2, -0.15) is 5.21 Å². The molecule has 2 heterocycles. The Kier molecular flexibility index (Phi) is 4.27. The van der Waals surface area contributed by atoms with Gasteiger partial charge < -0.3 is 5.11 Å². The van der Waals surface area contributed by atoms with Crippen molar-refractivity contribution in [3.63, 3.8) is 0 Å². The van der Waals surface area contributed by atoms with E-state index in [1.807, 2.05) is 0 Å². The first kappa shape index (κ1) is 18.6. The van der Waals surface area contributed by atoms with Gasteiger partial charge in [-0.1, -0.05) is 24.3 Å². The third-order valence-corrected chi connectivity index (χ3v) is 6.27. The molecule has 2 aromatic carbocycles. The minimum absolute atomic E-state index is 0.128. The van der Waals surface area contributed by atoms with Crippen molar-refractivity contribution >= 4 is 27.7 Å². The average Bonchev–Trinajstić information content (AvgIpc) is 3.25. The lowest BCUT2D eigenvalue weighted by Gasteiger charge is -2.34. The highest BCUT2D eigenvalue weighted by Gasteiger charge is 2.40. The molecule has 3 aromatic rings. The van der Waals surface area contributed by atoms with E-state index in [9.17, 15) is 23.1 Å². The van der Waals surface area contributed by atoms with Gasteiger partial charge in [0.15, 0.2) is 0 Å². The summed E-state index contributed by atoms with van der Waals surface area (Å²) >= 11 is 0. The Balaban J connectivity index is 1.70. The third-order valence-electron chi connectivity index (χ3n) is 4.52. The molecule has 0 atom stereocenters. The summed E-state index contributed by atoms with van der Waals surface area (Å²) in [6, 6.07) is 9.56. The number of carbonyl (C=O) groups excluding carboxylic acids is 1. The van der Waals surface area contributed by atoms with E-state index in [2.05, 4.69) is 20.6 Å². The summed E-state index contributed by atoms with van der Waals surface area (Å²) in [5.74, 6) is -0.876. The molecule has 0 fully saturated rings. The predicted octanol–water partition coefficient (Wildman–Crippen LogP) is 1.33. The average molecular weight is 414 g/mol. The molecular formula is C17H14N6O5S. The summed E-state index contributed by atoms with van der Waals surface area (Å²) in [6.45, 7) is -0.214. The molecule has 2 amide bonds. The molecule has 1 aliphatic heterocycles. The second-order valence-corrected chi connectivity index (χ2v) is 8.10. The van der Waals surface area contributed by atoms with Crippen LogP contribution >= 0.6 is 0 Å². The number of benzene rings is 2. The Morgan fingerprint density at radius 3 is 2.52 bits per heavy atom. The first-order valence-electron chi connectivity index (χ1n) is 8.29. The minimum atomic E-state index is -4.23. The molecule has 2 N–H and O–H groups in total. The van der Waals surface area contributed by atoms with E-state index in [1.54, 1.807) is 24.3 Å². The van der Waals surface area contributed by atoms with Crippen LogP contribution in [0.2, 0.25) is 0 Å². The zero-order valence-corrected chi connectivity index (χ0v) is 15.8. The number of aromatic nitrogens is 4. The van der Waals surface area contributed by atoms with Crippen molar-refractivity contribution in [3.05, 3.63) is 53.6 Å². The Morgan fingerprint density at radius 1 is 1.17 bits per heavy atom. The number of hydrogen-bond donors (Lipinski definition) is 2. The molecule has 1 aromatic heterocycles. The molecule has 0 bridgehead atoms. The molecule has 0 saturated heterocycles. The number of hydrogen-bond acceptors (Lipinski definition) is 7. The van der Waals surface area contributed by atoms with E-state index in [0.717, 1.165) is 6.07 Å². The van der Waals surface area contributed by atoms with E-state index in [-0.39, 0.29) is 22.7 Å². The van der Waals surface area contributed by atoms with E-state index < -0.39 is 22.0 Å². The number of amides is 2. The van der Waals surface area contributed by atoms with Crippen LogP contribution in [0, 0.1) is 0 Å². The molecule has 12 heteroatoms. The molecule has 11 nitrogen and oxygen atoms in total. The minimum Gasteiger partial charge on any atom is -0.478 e. The number of rotatable bonds is 4. The molecule has 0 radical (unpaired) electrons. The van der Waals surface area contributed by atoms with Gasteiger partial charge in [0, 0.05) is 12.6 Å². The first-order valence-corrected chi connectivity index (χ1v) is 9.73. The number of tetrazole rings is 1. The Hall–Kier alpha value is -3.80. The number of fused-ring (bicyclic) bond motifs is 1. The van der Waals surface area contributed by atoms with Crippen LogP contribution in [0.4, 0.5) is 10.5 Å². The SMILES string of the molecule is CN1C(=O)N(Cc2ccc(-c3nn[nH]n3)cc2)S(=O)(=O)c2cc(C(=O)O)ccc21. The fourth-order valence-electron chi connectivity index (χ4n) is 2.98. The van der Waals surface area contributed by atoms with Crippen molar-refractivity contribution in [2.45, 2.75) is 11.4 Å². The highest BCUT2D eigenvalue weighted by Crippen LogP contribution is 2.35. The normalized spacial score (nSPS) is 15.3. The molecule has 0 aliphatic carbocycles. The van der Waals surface area contributed by atoms with Gasteiger partial charge in [0.2, 0.25) is 5.82 Å². The fourth-order valence-corrected chi connectivity index (χ4v) is 4.61. The number of carboxylic acids is 1. The summed E-state index contributed by atoms with van der Waals surface area (Å²) in [7, 11) is -2.80. The van der Waals surface area contributed by atoms with E-state index >= 15 is 0 Å². The van der Waals surface area contributed by atoms with E-state index in [4.69, 9.17) is 0 Å². The van der Waals surface area contributed by atoms with Gasteiger partial charge in [0.25, 0.3) is 10.0 Å².